The second-order valence-electron chi connectivity index (χ2n) is 3.61. The molecule has 1 aromatic rings. The fourth-order valence-corrected chi connectivity index (χ4v) is 1.83. The average Bonchev–Trinajstić information content (AvgIpc) is 2.16. The van der Waals surface area contributed by atoms with Crippen molar-refractivity contribution in [2.45, 2.75) is 32.6 Å². The third-order valence-electron chi connectivity index (χ3n) is 2.40. The molecule has 84 valence electrons. The van der Waals surface area contributed by atoms with Crippen LogP contribution in [0.4, 0.5) is 8.78 Å². The molecule has 0 aliphatic rings. The van der Waals surface area contributed by atoms with Crippen LogP contribution in [-0.2, 0) is 0 Å². The minimum Gasteiger partial charge on any atom is -0.506 e. The molecule has 0 heterocycles. The Bertz CT molecular complexity index is 340. The van der Waals surface area contributed by atoms with Gasteiger partial charge in [0.15, 0.2) is 11.6 Å². The van der Waals surface area contributed by atoms with E-state index in [2.05, 4.69) is 0 Å². The molecule has 1 aromatic carbocycles. The molecule has 0 saturated heterocycles. The second-order valence-corrected chi connectivity index (χ2v) is 4.01. The maximum atomic E-state index is 13.4. The molecule has 1 nitrogen and oxygen atoms in total. The normalized spacial score (nSPS) is 12.9. The summed E-state index contributed by atoms with van der Waals surface area (Å²) < 4.78 is 26.5. The summed E-state index contributed by atoms with van der Waals surface area (Å²) in [5.41, 5.74) is -0.0261. The van der Waals surface area contributed by atoms with Gasteiger partial charge in [-0.2, -0.15) is 0 Å². The number of benzene rings is 1. The minimum absolute atomic E-state index is 0.0261. The lowest BCUT2D eigenvalue weighted by atomic mass is 9.95. The number of phenols is 1. The zero-order chi connectivity index (χ0) is 11.6. The van der Waals surface area contributed by atoms with Crippen molar-refractivity contribution in [3.63, 3.8) is 0 Å². The molecule has 1 unspecified atom stereocenters. The number of phenolic OH excluding ortho intramolecular Hbond substituents is 1. The molecule has 0 aliphatic heterocycles. The quantitative estimate of drug-likeness (QED) is 0.776. The number of halogens is 3. The predicted octanol–water partition coefficient (Wildman–Crippen LogP) is 4.23. The van der Waals surface area contributed by atoms with Gasteiger partial charge in [0.1, 0.15) is 5.75 Å². The van der Waals surface area contributed by atoms with E-state index in [4.69, 9.17) is 11.6 Å². The lowest BCUT2D eigenvalue weighted by Gasteiger charge is -2.14. The highest BCUT2D eigenvalue weighted by Gasteiger charge is 2.21. The maximum absolute atomic E-state index is 13.4. The van der Waals surface area contributed by atoms with Crippen LogP contribution in [-0.4, -0.2) is 5.11 Å². The molecule has 15 heavy (non-hydrogen) atoms. The van der Waals surface area contributed by atoms with Gasteiger partial charge in [0.25, 0.3) is 0 Å². The molecule has 0 aliphatic carbocycles. The topological polar surface area (TPSA) is 20.2 Å². The van der Waals surface area contributed by atoms with Crippen molar-refractivity contribution in [1.29, 1.82) is 0 Å². The van der Waals surface area contributed by atoms with Crippen molar-refractivity contribution in [2.24, 2.45) is 0 Å². The fourth-order valence-electron chi connectivity index (χ4n) is 1.63. The first-order valence-electron chi connectivity index (χ1n) is 4.85. The third kappa shape index (κ3) is 2.40. The molecule has 0 spiro atoms. The van der Waals surface area contributed by atoms with Crippen LogP contribution in [0.5, 0.6) is 5.75 Å². The van der Waals surface area contributed by atoms with Gasteiger partial charge in [-0.15, -0.1) is 0 Å². The first-order chi connectivity index (χ1) is 6.99. The van der Waals surface area contributed by atoms with E-state index in [0.717, 1.165) is 12.5 Å². The van der Waals surface area contributed by atoms with E-state index in [-0.39, 0.29) is 22.3 Å². The summed E-state index contributed by atoms with van der Waals surface area (Å²) in [5, 5.41) is 9.41. The van der Waals surface area contributed by atoms with Crippen LogP contribution in [0.25, 0.3) is 0 Å². The number of rotatable bonds is 3. The zero-order valence-corrected chi connectivity index (χ0v) is 9.41. The van der Waals surface area contributed by atoms with Gasteiger partial charge in [0.2, 0.25) is 0 Å². The lowest BCUT2D eigenvalue weighted by Crippen LogP contribution is -2.01. The van der Waals surface area contributed by atoms with E-state index in [1.807, 2.05) is 6.92 Å². The summed E-state index contributed by atoms with van der Waals surface area (Å²) in [5.74, 6) is -2.62. The van der Waals surface area contributed by atoms with Crippen LogP contribution >= 0.6 is 11.6 Å². The van der Waals surface area contributed by atoms with Crippen molar-refractivity contribution in [3.8, 4) is 5.75 Å². The van der Waals surface area contributed by atoms with Crippen molar-refractivity contribution in [3.05, 3.63) is 28.3 Å². The highest BCUT2D eigenvalue weighted by molar-refractivity contribution is 6.32. The Morgan fingerprint density at radius 3 is 2.60 bits per heavy atom. The van der Waals surface area contributed by atoms with Gasteiger partial charge in [-0.25, -0.2) is 8.78 Å². The Balaban J connectivity index is 3.26. The smallest absolute Gasteiger partial charge is 0.166 e. The first-order valence-corrected chi connectivity index (χ1v) is 5.23. The highest BCUT2D eigenvalue weighted by Crippen LogP contribution is 2.37. The van der Waals surface area contributed by atoms with E-state index in [9.17, 15) is 13.9 Å². The molecule has 0 radical (unpaired) electrons. The minimum atomic E-state index is -1.02. The molecular weight excluding hydrogens is 222 g/mol. The van der Waals surface area contributed by atoms with Crippen LogP contribution in [0.3, 0.4) is 0 Å². The fraction of sp³-hybridized carbons (Fsp3) is 0.455. The summed E-state index contributed by atoms with van der Waals surface area (Å²) in [6.45, 7) is 3.67. The Morgan fingerprint density at radius 1 is 1.47 bits per heavy atom. The second kappa shape index (κ2) is 4.79. The van der Waals surface area contributed by atoms with E-state index >= 15 is 0 Å². The van der Waals surface area contributed by atoms with Gasteiger partial charge < -0.3 is 5.11 Å². The summed E-state index contributed by atoms with van der Waals surface area (Å²) in [4.78, 5) is 0. The summed E-state index contributed by atoms with van der Waals surface area (Å²) in [7, 11) is 0. The molecule has 1 N–H and O–H groups in total. The first kappa shape index (κ1) is 12.2. The summed E-state index contributed by atoms with van der Waals surface area (Å²) in [6.07, 6.45) is 1.50. The molecule has 0 bridgehead atoms. The molecule has 0 aromatic heterocycles. The maximum Gasteiger partial charge on any atom is 0.166 e. The number of hydrogen-bond donors (Lipinski definition) is 1. The van der Waals surface area contributed by atoms with Gasteiger partial charge >= 0.3 is 0 Å². The van der Waals surface area contributed by atoms with E-state index < -0.39 is 11.6 Å². The monoisotopic (exact) mass is 234 g/mol. The molecule has 0 saturated carbocycles. The molecule has 1 atom stereocenters. The van der Waals surface area contributed by atoms with Gasteiger partial charge in [0.05, 0.1) is 5.02 Å². The van der Waals surface area contributed by atoms with Crippen LogP contribution in [0.1, 0.15) is 38.2 Å². The van der Waals surface area contributed by atoms with Gasteiger partial charge in [-0.1, -0.05) is 31.9 Å². The number of hydrogen-bond acceptors (Lipinski definition) is 1. The van der Waals surface area contributed by atoms with Crippen LogP contribution in [0.2, 0.25) is 5.02 Å². The van der Waals surface area contributed by atoms with Crippen LogP contribution in [0.15, 0.2) is 6.07 Å². The average molecular weight is 235 g/mol. The van der Waals surface area contributed by atoms with Crippen molar-refractivity contribution < 1.29 is 13.9 Å². The van der Waals surface area contributed by atoms with E-state index in [1.54, 1.807) is 6.92 Å². The number of aromatic hydroxyl groups is 1. The Morgan fingerprint density at radius 2 is 2.07 bits per heavy atom. The SMILES string of the molecule is CCCC(C)c1c(O)c(Cl)cc(F)c1F. The van der Waals surface area contributed by atoms with Gasteiger partial charge in [0, 0.05) is 5.56 Å². The molecule has 0 amide bonds. The lowest BCUT2D eigenvalue weighted by molar-refractivity contribution is 0.429. The van der Waals surface area contributed by atoms with E-state index in [1.165, 1.54) is 0 Å². The largest absolute Gasteiger partial charge is 0.506 e. The van der Waals surface area contributed by atoms with E-state index in [0.29, 0.717) is 6.42 Å². The zero-order valence-electron chi connectivity index (χ0n) is 8.65. The van der Waals surface area contributed by atoms with Crippen molar-refractivity contribution in [1.82, 2.24) is 0 Å². The van der Waals surface area contributed by atoms with Gasteiger partial charge in [-0.05, 0) is 18.4 Å². The Kier molecular flexibility index (Phi) is 3.91. The third-order valence-corrected chi connectivity index (χ3v) is 2.68. The van der Waals surface area contributed by atoms with Crippen LogP contribution in [0, 0.1) is 11.6 Å². The van der Waals surface area contributed by atoms with Crippen molar-refractivity contribution >= 4 is 11.6 Å². The Hall–Kier alpha value is -0.830. The predicted molar refractivity (Wildman–Crippen MR) is 56.4 cm³/mol. The molecule has 0 fully saturated rings. The summed E-state index contributed by atoms with van der Waals surface area (Å²) >= 11 is 5.58. The highest BCUT2D eigenvalue weighted by atomic mass is 35.5. The molecular formula is C11H13ClF2O. The molecule has 4 heteroatoms. The van der Waals surface area contributed by atoms with Crippen molar-refractivity contribution in [2.75, 3.05) is 0 Å². The van der Waals surface area contributed by atoms with Gasteiger partial charge in [-0.3, -0.25) is 0 Å². The Labute approximate surface area is 92.7 Å². The summed E-state index contributed by atoms with van der Waals surface area (Å²) in [6, 6.07) is 0.786. The standard InChI is InChI=1S/C11H13ClF2O/c1-3-4-6(2)9-10(14)8(13)5-7(12)11(9)15/h5-6,15H,3-4H2,1-2H3. The van der Waals surface area contributed by atoms with Crippen LogP contribution < -0.4 is 0 Å². The molecule has 1 rings (SSSR count).